The van der Waals surface area contributed by atoms with Crippen LogP contribution in [0.25, 0.3) is 65.3 Å². The molecule has 184 valence electrons. The van der Waals surface area contributed by atoms with Gasteiger partial charge in [-0.25, -0.2) is 0 Å². The Labute approximate surface area is 223 Å². The Hall–Kier alpha value is -4.56. The Bertz CT molecular complexity index is 1780. The van der Waals surface area contributed by atoms with E-state index in [0.717, 1.165) is 0 Å². The van der Waals surface area contributed by atoms with E-state index in [-0.39, 0.29) is 0 Å². The van der Waals surface area contributed by atoms with Crippen molar-refractivity contribution in [2.45, 2.75) is 0 Å². The Kier molecular flexibility index (Phi) is 5.06. The summed E-state index contributed by atoms with van der Waals surface area (Å²) < 4.78 is 0. The first-order chi connectivity index (χ1) is 18.5. The number of fused-ring (bicyclic) bond motifs is 2. The van der Waals surface area contributed by atoms with Gasteiger partial charge >= 0.3 is 0 Å². The molecule has 0 spiro atoms. The van der Waals surface area contributed by atoms with Gasteiger partial charge < -0.3 is 9.80 Å². The van der Waals surface area contributed by atoms with Crippen molar-refractivity contribution < 1.29 is 0 Å². The highest BCUT2D eigenvalue weighted by Gasteiger charge is 2.17. The van der Waals surface area contributed by atoms with E-state index in [4.69, 9.17) is 0 Å². The largest absolute Gasteiger partial charge is 0.378 e. The maximum absolute atomic E-state index is 2.33. The van der Waals surface area contributed by atoms with E-state index in [1.54, 1.807) is 0 Å². The van der Waals surface area contributed by atoms with Crippen molar-refractivity contribution in [1.29, 1.82) is 0 Å². The SMILES string of the molecule is CN(C)c1ccc(-c2ccc3c4cccc5c(-c6ccc(N(C)C)cc6)ccc(c6cccc2c63)c54)cc1. The molecule has 0 radical (unpaired) electrons. The summed E-state index contributed by atoms with van der Waals surface area (Å²) in [6.07, 6.45) is 0. The first kappa shape index (κ1) is 22.6. The molecule has 7 aromatic rings. The zero-order chi connectivity index (χ0) is 26.0. The maximum atomic E-state index is 2.33. The van der Waals surface area contributed by atoms with Crippen LogP contribution in [0, 0.1) is 0 Å². The topological polar surface area (TPSA) is 6.48 Å². The van der Waals surface area contributed by atoms with Crippen LogP contribution in [0.2, 0.25) is 0 Å². The van der Waals surface area contributed by atoms with Crippen LogP contribution in [0.3, 0.4) is 0 Å². The molecule has 0 atom stereocenters. The molecule has 0 amide bonds. The van der Waals surface area contributed by atoms with E-state index in [1.807, 2.05) is 0 Å². The van der Waals surface area contributed by atoms with Crippen molar-refractivity contribution in [3.05, 3.63) is 109 Å². The lowest BCUT2D eigenvalue weighted by atomic mass is 9.85. The highest BCUT2D eigenvalue weighted by molar-refractivity contribution is 6.35. The number of nitrogens with zero attached hydrogens (tertiary/aromatic N) is 2. The molecular formula is C36H30N2. The Morgan fingerprint density at radius 2 is 0.684 bits per heavy atom. The summed E-state index contributed by atoms with van der Waals surface area (Å²) in [7, 11) is 8.33. The highest BCUT2D eigenvalue weighted by atomic mass is 15.1. The molecule has 0 bridgehead atoms. The average Bonchev–Trinajstić information content (AvgIpc) is 2.95. The molecule has 2 nitrogen and oxygen atoms in total. The molecule has 0 aliphatic carbocycles. The van der Waals surface area contributed by atoms with E-state index in [2.05, 4.69) is 147 Å². The Morgan fingerprint density at radius 3 is 1.05 bits per heavy atom. The summed E-state index contributed by atoms with van der Waals surface area (Å²) in [5, 5.41) is 10.6. The van der Waals surface area contributed by atoms with E-state index in [1.165, 1.54) is 76.7 Å². The summed E-state index contributed by atoms with van der Waals surface area (Å²) in [4.78, 5) is 4.29. The zero-order valence-electron chi connectivity index (χ0n) is 22.3. The molecule has 0 aliphatic rings. The zero-order valence-corrected chi connectivity index (χ0v) is 22.3. The molecule has 0 heterocycles. The van der Waals surface area contributed by atoms with Gasteiger partial charge in [-0.05, 0) is 89.6 Å². The van der Waals surface area contributed by atoms with Crippen LogP contribution in [-0.2, 0) is 0 Å². The summed E-state index contributed by atoms with van der Waals surface area (Å²) in [6.45, 7) is 0. The van der Waals surface area contributed by atoms with Crippen LogP contribution in [0.4, 0.5) is 11.4 Å². The molecule has 0 N–H and O–H groups in total. The van der Waals surface area contributed by atoms with Crippen molar-refractivity contribution in [2.24, 2.45) is 0 Å². The smallest absolute Gasteiger partial charge is 0.0361 e. The van der Waals surface area contributed by atoms with Crippen LogP contribution in [0.15, 0.2) is 109 Å². The number of anilines is 2. The normalized spacial score (nSPS) is 11.7. The minimum Gasteiger partial charge on any atom is -0.378 e. The first-order valence-corrected chi connectivity index (χ1v) is 13.2. The molecule has 0 aromatic heterocycles. The molecule has 0 unspecified atom stereocenters. The molecule has 0 saturated heterocycles. The second-order valence-corrected chi connectivity index (χ2v) is 10.7. The molecular weight excluding hydrogens is 460 g/mol. The molecule has 0 aliphatic heterocycles. The van der Waals surface area contributed by atoms with Gasteiger partial charge in [0.1, 0.15) is 0 Å². The number of hydrogen-bond acceptors (Lipinski definition) is 2. The second kappa shape index (κ2) is 8.49. The lowest BCUT2D eigenvalue weighted by Gasteiger charge is -2.19. The second-order valence-electron chi connectivity index (χ2n) is 10.7. The van der Waals surface area contributed by atoms with Crippen molar-refractivity contribution >= 4 is 54.5 Å². The lowest BCUT2D eigenvalue weighted by Crippen LogP contribution is -2.07. The predicted octanol–water partition coefficient (Wildman–Crippen LogP) is 9.20. The molecule has 2 heteroatoms. The van der Waals surface area contributed by atoms with Crippen molar-refractivity contribution in [1.82, 2.24) is 0 Å². The first-order valence-electron chi connectivity index (χ1n) is 13.2. The van der Waals surface area contributed by atoms with Gasteiger partial charge in [-0.1, -0.05) is 84.9 Å². The fourth-order valence-electron chi connectivity index (χ4n) is 6.09. The maximum Gasteiger partial charge on any atom is 0.0361 e. The quantitative estimate of drug-likeness (QED) is 0.179. The molecule has 38 heavy (non-hydrogen) atoms. The fraction of sp³-hybridized carbons (Fsp3) is 0.111. The van der Waals surface area contributed by atoms with Gasteiger partial charge in [0, 0.05) is 39.6 Å². The van der Waals surface area contributed by atoms with Gasteiger partial charge in [0.2, 0.25) is 0 Å². The standard InChI is InChI=1S/C36H30N2/c1-37(2)25-15-11-23(12-16-25)27-19-21-33-32-10-6-8-30-28(24-13-17-26(18-14-24)38(3)4)20-22-34(36(30)32)31-9-5-7-29(27)35(31)33/h5-22H,1-4H3. The molecule has 7 aromatic carbocycles. The van der Waals surface area contributed by atoms with Crippen molar-refractivity contribution in [3.8, 4) is 22.3 Å². The van der Waals surface area contributed by atoms with Crippen molar-refractivity contribution in [3.63, 3.8) is 0 Å². The van der Waals surface area contributed by atoms with Crippen LogP contribution < -0.4 is 9.80 Å². The third kappa shape index (κ3) is 3.34. The lowest BCUT2D eigenvalue weighted by molar-refractivity contribution is 1.13. The van der Waals surface area contributed by atoms with Gasteiger partial charge in [0.25, 0.3) is 0 Å². The Balaban J connectivity index is 1.50. The number of benzene rings is 7. The van der Waals surface area contributed by atoms with Crippen LogP contribution in [-0.4, -0.2) is 28.2 Å². The van der Waals surface area contributed by atoms with Crippen LogP contribution >= 0.6 is 0 Å². The van der Waals surface area contributed by atoms with Crippen LogP contribution in [0.1, 0.15) is 0 Å². The molecule has 7 rings (SSSR count). The van der Waals surface area contributed by atoms with E-state index in [0.29, 0.717) is 0 Å². The molecule has 0 fully saturated rings. The van der Waals surface area contributed by atoms with E-state index >= 15 is 0 Å². The third-order valence-electron chi connectivity index (χ3n) is 8.05. The fourth-order valence-corrected chi connectivity index (χ4v) is 6.09. The third-order valence-corrected chi connectivity index (χ3v) is 8.05. The van der Waals surface area contributed by atoms with E-state index < -0.39 is 0 Å². The number of rotatable bonds is 4. The minimum atomic E-state index is 1.21. The van der Waals surface area contributed by atoms with Crippen molar-refractivity contribution in [2.75, 3.05) is 38.0 Å². The summed E-state index contributed by atoms with van der Waals surface area (Å²) in [5.74, 6) is 0. The minimum absolute atomic E-state index is 1.21. The number of hydrogen-bond donors (Lipinski definition) is 0. The van der Waals surface area contributed by atoms with Crippen LogP contribution in [0.5, 0.6) is 0 Å². The van der Waals surface area contributed by atoms with E-state index in [9.17, 15) is 0 Å². The summed E-state index contributed by atoms with van der Waals surface area (Å²) >= 11 is 0. The highest BCUT2D eigenvalue weighted by Crippen LogP contribution is 2.45. The van der Waals surface area contributed by atoms with Gasteiger partial charge in [0.15, 0.2) is 0 Å². The van der Waals surface area contributed by atoms with Gasteiger partial charge in [0.05, 0.1) is 0 Å². The van der Waals surface area contributed by atoms with Gasteiger partial charge in [-0.2, -0.15) is 0 Å². The molecule has 0 saturated carbocycles. The summed E-state index contributed by atoms with van der Waals surface area (Å²) in [5.41, 5.74) is 7.49. The van der Waals surface area contributed by atoms with Gasteiger partial charge in [-0.3, -0.25) is 0 Å². The summed E-state index contributed by atoms with van der Waals surface area (Å²) in [6, 6.07) is 40.6. The monoisotopic (exact) mass is 490 g/mol. The predicted molar refractivity (Wildman–Crippen MR) is 167 cm³/mol. The average molecular weight is 491 g/mol. The Morgan fingerprint density at radius 1 is 0.342 bits per heavy atom. The van der Waals surface area contributed by atoms with Gasteiger partial charge in [-0.15, -0.1) is 0 Å².